The fraction of sp³-hybridized carbons (Fsp3) is 0.579. The van der Waals surface area contributed by atoms with Gasteiger partial charge in [-0.05, 0) is 47.4 Å². The number of carbonyl (C=O) groups excluding carboxylic acids is 2. The second kappa shape index (κ2) is 26.5. The van der Waals surface area contributed by atoms with Gasteiger partial charge in [0.15, 0.2) is 11.5 Å². The van der Waals surface area contributed by atoms with E-state index in [9.17, 15) is 9.59 Å². The van der Waals surface area contributed by atoms with Crippen LogP contribution in [0.2, 0.25) is 0 Å². The minimum Gasteiger partial charge on any atom is -0.400 e. The predicted molar refractivity (Wildman–Crippen MR) is 185 cm³/mol. The Balaban J connectivity index is 2.01. The van der Waals surface area contributed by atoms with E-state index in [0.29, 0.717) is 24.3 Å². The monoisotopic (exact) mass is 636 g/mol. The van der Waals surface area contributed by atoms with E-state index in [4.69, 9.17) is 19.1 Å². The average molecular weight is 637 g/mol. The van der Waals surface area contributed by atoms with Crippen LogP contribution in [0.15, 0.2) is 71.0 Å². The van der Waals surface area contributed by atoms with E-state index in [1.807, 2.05) is 12.1 Å². The number of oxime groups is 2. The summed E-state index contributed by atoms with van der Waals surface area (Å²) < 4.78 is 11.2. The zero-order chi connectivity index (χ0) is 32.9. The van der Waals surface area contributed by atoms with E-state index in [0.717, 1.165) is 25.7 Å². The van der Waals surface area contributed by atoms with Gasteiger partial charge >= 0.3 is 23.7 Å². The summed E-state index contributed by atoms with van der Waals surface area (Å²) in [7, 11) is 0. The van der Waals surface area contributed by atoms with Crippen molar-refractivity contribution in [3.8, 4) is 11.5 Å². The van der Waals surface area contributed by atoms with Crippen molar-refractivity contribution in [1.29, 1.82) is 0 Å². The normalized spacial score (nSPS) is 11.7. The highest BCUT2D eigenvalue weighted by Crippen LogP contribution is 2.15. The molecule has 0 spiro atoms. The van der Waals surface area contributed by atoms with E-state index >= 15 is 0 Å². The summed E-state index contributed by atoms with van der Waals surface area (Å²) in [4.78, 5) is 36.8. The van der Waals surface area contributed by atoms with Crippen LogP contribution in [0.4, 0.5) is 0 Å². The summed E-state index contributed by atoms with van der Waals surface area (Å²) in [6.45, 7) is 4.44. The molecule has 8 nitrogen and oxygen atoms in total. The van der Waals surface area contributed by atoms with Crippen molar-refractivity contribution in [1.82, 2.24) is 0 Å². The highest BCUT2D eigenvalue weighted by atomic mass is 16.7. The second-order valence-corrected chi connectivity index (χ2v) is 11.7. The fourth-order valence-electron chi connectivity index (χ4n) is 4.83. The van der Waals surface area contributed by atoms with Crippen LogP contribution in [0.3, 0.4) is 0 Å². The molecule has 254 valence electrons. The van der Waals surface area contributed by atoms with E-state index < -0.39 is 11.9 Å². The summed E-state index contributed by atoms with van der Waals surface area (Å²) in [5, 5.41) is 8.06. The lowest BCUT2D eigenvalue weighted by atomic mass is 10.1. The maximum atomic E-state index is 12.9. The number of rotatable bonds is 24. The molecule has 0 saturated heterocycles. The van der Waals surface area contributed by atoms with Gasteiger partial charge < -0.3 is 19.1 Å². The number of ether oxygens (including phenoxy) is 2. The van der Waals surface area contributed by atoms with Gasteiger partial charge in [-0.2, -0.15) is 0 Å². The van der Waals surface area contributed by atoms with Gasteiger partial charge in [0.1, 0.15) is 0 Å². The van der Waals surface area contributed by atoms with Gasteiger partial charge in [-0.25, -0.2) is 0 Å². The average Bonchev–Trinajstić information content (AvgIpc) is 3.08. The molecule has 0 aromatic heterocycles. The third-order valence-corrected chi connectivity index (χ3v) is 7.53. The molecule has 0 amide bonds. The molecule has 0 atom stereocenters. The van der Waals surface area contributed by atoms with Crippen molar-refractivity contribution in [2.45, 2.75) is 142 Å². The number of unbranched alkanes of at least 4 members (excludes halogenated alkanes) is 16. The van der Waals surface area contributed by atoms with Crippen LogP contribution in [0, 0.1) is 0 Å². The second-order valence-electron chi connectivity index (χ2n) is 11.7. The number of benzene rings is 2. The highest BCUT2D eigenvalue weighted by Gasteiger charge is 2.23. The zero-order valence-corrected chi connectivity index (χ0v) is 28.3. The van der Waals surface area contributed by atoms with Gasteiger partial charge in [0.2, 0.25) is 0 Å². The van der Waals surface area contributed by atoms with Crippen LogP contribution in [0.25, 0.3) is 0 Å². The van der Waals surface area contributed by atoms with Crippen LogP contribution in [-0.4, -0.2) is 23.7 Å². The predicted octanol–water partition coefficient (Wildman–Crippen LogP) is 10.7. The fourth-order valence-corrected chi connectivity index (χ4v) is 4.83. The molecule has 0 unspecified atom stereocenters. The smallest absolute Gasteiger partial charge is 0.325 e. The lowest BCUT2D eigenvalue weighted by molar-refractivity contribution is -0.138. The van der Waals surface area contributed by atoms with Crippen LogP contribution in [0.5, 0.6) is 11.5 Å². The molecule has 2 aromatic rings. The van der Waals surface area contributed by atoms with Crippen molar-refractivity contribution >= 4 is 23.7 Å². The van der Waals surface area contributed by atoms with E-state index in [1.54, 1.807) is 48.5 Å². The first-order chi connectivity index (χ1) is 22.6. The molecule has 0 radical (unpaired) electrons. The largest absolute Gasteiger partial charge is 0.400 e. The Morgan fingerprint density at radius 1 is 0.457 bits per heavy atom. The Bertz CT molecular complexity index is 1030. The van der Waals surface area contributed by atoms with Gasteiger partial charge in [-0.3, -0.25) is 9.59 Å². The maximum absolute atomic E-state index is 12.9. The molecular formula is C38H56N2O6. The number of hydrogen-bond donors (Lipinski definition) is 0. The third kappa shape index (κ3) is 19.7. The van der Waals surface area contributed by atoms with Crippen molar-refractivity contribution in [2.24, 2.45) is 10.3 Å². The topological polar surface area (TPSA) is 95.8 Å². The van der Waals surface area contributed by atoms with Crippen LogP contribution in [-0.2, 0) is 19.1 Å². The number of carbonyl (C=O) groups is 2. The Hall–Kier alpha value is -3.68. The Kier molecular flexibility index (Phi) is 22.2. The van der Waals surface area contributed by atoms with E-state index in [1.165, 1.54) is 77.0 Å². The number of para-hydroxylation sites is 2. The summed E-state index contributed by atoms with van der Waals surface area (Å²) in [6, 6.07) is 17.7. The van der Waals surface area contributed by atoms with Gasteiger partial charge in [0.05, 0.1) is 0 Å². The molecule has 0 bridgehead atoms. The Morgan fingerprint density at radius 3 is 1.09 bits per heavy atom. The van der Waals surface area contributed by atoms with Crippen LogP contribution < -0.4 is 9.68 Å². The molecule has 8 heteroatoms. The zero-order valence-electron chi connectivity index (χ0n) is 28.3. The first-order valence-corrected chi connectivity index (χ1v) is 17.6. The number of esters is 2. The summed E-state index contributed by atoms with van der Waals surface area (Å²) in [5.74, 6) is -0.942. The molecule has 0 fully saturated rings. The third-order valence-electron chi connectivity index (χ3n) is 7.53. The Labute approximate surface area is 276 Å². The lowest BCUT2D eigenvalue weighted by Crippen LogP contribution is -2.28. The molecular weight excluding hydrogens is 580 g/mol. The Morgan fingerprint density at radius 2 is 0.761 bits per heavy atom. The summed E-state index contributed by atoms with van der Waals surface area (Å²) in [6.07, 6.45) is 20.7. The summed E-state index contributed by atoms with van der Waals surface area (Å²) >= 11 is 0. The summed E-state index contributed by atoms with van der Waals surface area (Å²) in [5.41, 5.74) is 0. The van der Waals surface area contributed by atoms with Gasteiger partial charge in [-0.15, -0.1) is 0 Å². The first-order valence-electron chi connectivity index (χ1n) is 17.6. The van der Waals surface area contributed by atoms with Crippen LogP contribution in [0.1, 0.15) is 142 Å². The van der Waals surface area contributed by atoms with Crippen molar-refractivity contribution < 1.29 is 28.7 Å². The van der Waals surface area contributed by atoms with Crippen molar-refractivity contribution in [3.63, 3.8) is 0 Å². The molecule has 2 rings (SSSR count). The standard InChI is InChI=1S/C38H56N2O6/c1-3-5-7-9-11-13-15-17-25-31-35(41)43-37(39-45-33-27-21-19-22-28-33)38(40-46-34-29-23-20-24-30-34)44-36(42)32-26-18-16-14-12-10-8-6-4-2/h19-24,27-30H,3-18,25-26,31-32H2,1-2H3/b39-37+,40-38+. The molecule has 0 aliphatic heterocycles. The van der Waals surface area contributed by atoms with Crippen molar-refractivity contribution in [3.05, 3.63) is 60.7 Å². The highest BCUT2D eigenvalue weighted by molar-refractivity contribution is 6.38. The molecule has 0 heterocycles. The van der Waals surface area contributed by atoms with Gasteiger partial charge in [0, 0.05) is 12.8 Å². The maximum Gasteiger partial charge on any atom is 0.325 e. The molecule has 0 aliphatic carbocycles. The molecule has 0 aliphatic rings. The van der Waals surface area contributed by atoms with Crippen molar-refractivity contribution in [2.75, 3.05) is 0 Å². The number of hydrogen-bond acceptors (Lipinski definition) is 8. The lowest BCUT2D eigenvalue weighted by Gasteiger charge is -2.11. The molecule has 2 aromatic carbocycles. The number of nitrogens with zero attached hydrogens (tertiary/aromatic N) is 2. The molecule has 0 saturated carbocycles. The van der Waals surface area contributed by atoms with E-state index in [2.05, 4.69) is 24.2 Å². The first kappa shape index (κ1) is 38.5. The van der Waals surface area contributed by atoms with Crippen LogP contribution >= 0.6 is 0 Å². The molecule has 46 heavy (non-hydrogen) atoms. The van der Waals surface area contributed by atoms with E-state index in [-0.39, 0.29) is 24.6 Å². The molecule has 0 N–H and O–H groups in total. The minimum absolute atomic E-state index is 0.194. The van der Waals surface area contributed by atoms with Gasteiger partial charge in [-0.1, -0.05) is 153 Å². The van der Waals surface area contributed by atoms with Gasteiger partial charge in [0.25, 0.3) is 0 Å². The SMILES string of the molecule is CCCCCCCCCCCC(=O)OC(=N/Oc1ccccc1)/C(=N\Oc1ccccc1)OC(=O)CCCCCCCCCCC. The quantitative estimate of drug-likeness (QED) is 0.0374. The minimum atomic E-state index is -0.513.